The molecule has 0 amide bonds. The molecule has 0 saturated heterocycles. The van der Waals surface area contributed by atoms with Crippen LogP contribution in [0.15, 0.2) is 15.7 Å². The number of hydrogen-bond acceptors (Lipinski definition) is 6. The molecule has 0 unspecified atom stereocenters. The van der Waals surface area contributed by atoms with Crippen molar-refractivity contribution >= 4 is 29.1 Å². The van der Waals surface area contributed by atoms with Gasteiger partial charge in [-0.1, -0.05) is 17.8 Å². The van der Waals surface area contributed by atoms with Gasteiger partial charge in [-0.3, -0.25) is 0 Å². The molecule has 0 aliphatic heterocycles. The van der Waals surface area contributed by atoms with Crippen LogP contribution in [0.25, 0.3) is 0 Å². The lowest BCUT2D eigenvalue weighted by Gasteiger charge is -2.08. The van der Waals surface area contributed by atoms with Gasteiger partial charge in [0.25, 0.3) is 0 Å². The Bertz CT molecular complexity index is 685. The van der Waals surface area contributed by atoms with Gasteiger partial charge in [0.15, 0.2) is 4.34 Å². The lowest BCUT2D eigenvalue weighted by molar-refractivity contribution is 0.0701. The number of carboxylic acids is 1. The van der Waals surface area contributed by atoms with Crippen molar-refractivity contribution in [1.29, 1.82) is 0 Å². The highest BCUT2D eigenvalue weighted by Gasteiger charge is 2.19. The van der Waals surface area contributed by atoms with Gasteiger partial charge in [-0.15, -0.1) is 0 Å². The maximum atomic E-state index is 11.1. The zero-order valence-corrected chi connectivity index (χ0v) is 13.3. The minimum absolute atomic E-state index is 0.303. The Morgan fingerprint density at radius 2 is 2.10 bits per heavy atom. The van der Waals surface area contributed by atoms with E-state index in [9.17, 15) is 4.79 Å². The number of thiazole rings is 1. The quantitative estimate of drug-likeness (QED) is 0.690. The van der Waals surface area contributed by atoms with E-state index in [2.05, 4.69) is 15.0 Å². The van der Waals surface area contributed by atoms with Crippen LogP contribution in [-0.4, -0.2) is 26.0 Å². The van der Waals surface area contributed by atoms with Crippen LogP contribution >= 0.6 is 23.1 Å². The van der Waals surface area contributed by atoms with Gasteiger partial charge in [-0.2, -0.15) is 0 Å². The van der Waals surface area contributed by atoms with Crippen molar-refractivity contribution in [3.8, 4) is 0 Å². The number of aromatic carboxylic acids is 1. The van der Waals surface area contributed by atoms with E-state index < -0.39 is 5.97 Å². The van der Waals surface area contributed by atoms with Gasteiger partial charge >= 0.3 is 5.97 Å². The summed E-state index contributed by atoms with van der Waals surface area (Å²) in [6.07, 6.45) is 7.15. The van der Waals surface area contributed by atoms with Crippen LogP contribution < -0.4 is 0 Å². The minimum Gasteiger partial charge on any atom is -0.477 e. The molecule has 2 heterocycles. The third-order valence-electron chi connectivity index (χ3n) is 3.49. The van der Waals surface area contributed by atoms with Crippen molar-refractivity contribution in [2.45, 2.75) is 48.4 Å². The molecule has 0 bridgehead atoms. The lowest BCUT2D eigenvalue weighted by Crippen LogP contribution is -1.99. The largest absolute Gasteiger partial charge is 0.477 e. The highest BCUT2D eigenvalue weighted by Crippen LogP contribution is 2.35. The molecular formula is C14H15N3O2S2. The first-order valence-corrected chi connectivity index (χ1v) is 8.50. The first-order chi connectivity index (χ1) is 10.1. The van der Waals surface area contributed by atoms with Crippen molar-refractivity contribution in [3.63, 3.8) is 0 Å². The van der Waals surface area contributed by atoms with Crippen molar-refractivity contribution < 1.29 is 9.90 Å². The standard InChI is InChI=1S/C14H15N3O2S2/c1-8-11(13(18)19)20-14(17-8)21-12-9-5-3-2-4-6-10(9)15-7-16-12/h7H,2-6H2,1H3,(H,18,19). The van der Waals surface area contributed by atoms with Crippen LogP contribution in [-0.2, 0) is 12.8 Å². The molecule has 2 aromatic heterocycles. The summed E-state index contributed by atoms with van der Waals surface area (Å²) in [7, 11) is 0. The number of carboxylic acid groups (broad SMARTS) is 1. The molecule has 5 nitrogen and oxygen atoms in total. The third-order valence-corrected chi connectivity index (χ3v) is 5.74. The zero-order valence-electron chi connectivity index (χ0n) is 11.6. The summed E-state index contributed by atoms with van der Waals surface area (Å²) in [4.78, 5) is 24.5. The number of nitrogens with zero attached hydrogens (tertiary/aromatic N) is 3. The van der Waals surface area contributed by atoms with Gasteiger partial charge < -0.3 is 5.11 Å². The summed E-state index contributed by atoms with van der Waals surface area (Å²) in [6.45, 7) is 1.73. The van der Waals surface area contributed by atoms with Crippen molar-refractivity contribution in [3.05, 3.63) is 28.2 Å². The smallest absolute Gasteiger partial charge is 0.347 e. The normalized spacial score (nSPS) is 14.5. The predicted molar refractivity (Wildman–Crippen MR) is 81.2 cm³/mol. The van der Waals surface area contributed by atoms with Crippen LogP contribution in [0.3, 0.4) is 0 Å². The second-order valence-electron chi connectivity index (χ2n) is 4.97. The first kappa shape index (κ1) is 14.5. The van der Waals surface area contributed by atoms with Gasteiger partial charge in [0.05, 0.1) is 5.69 Å². The van der Waals surface area contributed by atoms with Gasteiger partial charge in [0.1, 0.15) is 16.2 Å². The average molecular weight is 321 g/mol. The average Bonchev–Trinajstić information content (AvgIpc) is 2.68. The second-order valence-corrected chi connectivity index (χ2v) is 7.20. The summed E-state index contributed by atoms with van der Waals surface area (Å²) in [5.41, 5.74) is 2.91. The Morgan fingerprint density at radius 3 is 2.86 bits per heavy atom. The molecule has 0 fully saturated rings. The van der Waals surface area contributed by atoms with E-state index in [0.29, 0.717) is 10.6 Å². The van der Waals surface area contributed by atoms with E-state index >= 15 is 0 Å². The summed E-state index contributed by atoms with van der Waals surface area (Å²) in [6, 6.07) is 0. The topological polar surface area (TPSA) is 76.0 Å². The van der Waals surface area contributed by atoms with E-state index in [4.69, 9.17) is 5.11 Å². The van der Waals surface area contributed by atoms with Crippen molar-refractivity contribution in [2.24, 2.45) is 0 Å². The number of aromatic nitrogens is 3. The number of fused-ring (bicyclic) bond motifs is 1. The maximum absolute atomic E-state index is 11.1. The van der Waals surface area contributed by atoms with Crippen LogP contribution in [0.4, 0.5) is 0 Å². The van der Waals surface area contributed by atoms with E-state index in [0.717, 1.165) is 34.3 Å². The number of hydrogen-bond donors (Lipinski definition) is 1. The molecular weight excluding hydrogens is 306 g/mol. The molecule has 0 saturated carbocycles. The summed E-state index contributed by atoms with van der Waals surface area (Å²) in [5.74, 6) is -0.918. The van der Waals surface area contributed by atoms with Crippen molar-refractivity contribution in [2.75, 3.05) is 0 Å². The molecule has 0 atom stereocenters. The van der Waals surface area contributed by atoms with Crippen LogP contribution in [0.1, 0.15) is 45.9 Å². The molecule has 21 heavy (non-hydrogen) atoms. The van der Waals surface area contributed by atoms with Gasteiger partial charge in [-0.25, -0.2) is 19.7 Å². The summed E-state index contributed by atoms with van der Waals surface area (Å²) < 4.78 is 0.732. The maximum Gasteiger partial charge on any atom is 0.347 e. The fourth-order valence-electron chi connectivity index (χ4n) is 2.45. The molecule has 1 aliphatic carbocycles. The Labute approximate surface area is 130 Å². The highest BCUT2D eigenvalue weighted by atomic mass is 32.2. The molecule has 110 valence electrons. The van der Waals surface area contributed by atoms with Crippen LogP contribution in [0, 0.1) is 6.92 Å². The fourth-order valence-corrected chi connectivity index (χ4v) is 4.53. The molecule has 7 heteroatoms. The highest BCUT2D eigenvalue weighted by molar-refractivity contribution is 8.01. The van der Waals surface area contributed by atoms with E-state index in [1.54, 1.807) is 13.3 Å². The molecule has 0 aromatic carbocycles. The molecule has 3 rings (SSSR count). The van der Waals surface area contributed by atoms with E-state index in [1.807, 2.05) is 0 Å². The number of aryl methyl sites for hydroxylation is 2. The molecule has 0 radical (unpaired) electrons. The van der Waals surface area contributed by atoms with Gasteiger partial charge in [0.2, 0.25) is 0 Å². The SMILES string of the molecule is Cc1nc(Sc2ncnc3c2CCCCC3)sc1C(=O)O. The Morgan fingerprint density at radius 1 is 1.29 bits per heavy atom. The van der Waals surface area contributed by atoms with E-state index in [1.165, 1.54) is 41.5 Å². The molecule has 1 aliphatic rings. The summed E-state index contributed by atoms with van der Waals surface area (Å²) in [5, 5.41) is 10.0. The number of rotatable bonds is 3. The monoisotopic (exact) mass is 321 g/mol. The van der Waals surface area contributed by atoms with Crippen LogP contribution in [0.5, 0.6) is 0 Å². The van der Waals surface area contributed by atoms with E-state index in [-0.39, 0.29) is 0 Å². The van der Waals surface area contributed by atoms with Gasteiger partial charge in [0, 0.05) is 11.3 Å². The minimum atomic E-state index is -0.918. The first-order valence-electron chi connectivity index (χ1n) is 6.86. The predicted octanol–water partition coefficient (Wildman–Crippen LogP) is 3.36. The molecule has 0 spiro atoms. The Balaban J connectivity index is 1.91. The Hall–Kier alpha value is -1.47. The van der Waals surface area contributed by atoms with Gasteiger partial charge in [-0.05, 0) is 44.4 Å². The lowest BCUT2D eigenvalue weighted by atomic mass is 10.1. The molecule has 1 N–H and O–H groups in total. The fraction of sp³-hybridized carbons (Fsp3) is 0.429. The number of carbonyl (C=O) groups is 1. The van der Waals surface area contributed by atoms with Crippen molar-refractivity contribution in [1.82, 2.24) is 15.0 Å². The Kier molecular flexibility index (Phi) is 4.21. The summed E-state index contributed by atoms with van der Waals surface area (Å²) >= 11 is 2.67. The van der Waals surface area contributed by atoms with Crippen LogP contribution in [0.2, 0.25) is 0 Å². The zero-order chi connectivity index (χ0) is 14.8. The second kappa shape index (κ2) is 6.11. The third kappa shape index (κ3) is 3.08. The molecule has 2 aromatic rings.